The van der Waals surface area contributed by atoms with Crippen LogP contribution in [-0.4, -0.2) is 50.3 Å². The highest BCUT2D eigenvalue weighted by molar-refractivity contribution is 5.57. The molecule has 1 atom stereocenters. The van der Waals surface area contributed by atoms with Crippen LogP contribution in [0.1, 0.15) is 31.2 Å². The van der Waals surface area contributed by atoms with E-state index in [1.54, 1.807) is 7.11 Å². The third-order valence-corrected chi connectivity index (χ3v) is 6.30. The van der Waals surface area contributed by atoms with Gasteiger partial charge in [-0.2, -0.15) is 5.26 Å². The summed E-state index contributed by atoms with van der Waals surface area (Å²) in [4.78, 5) is 4.73. The maximum atomic E-state index is 9.28. The standard InChI is InChI=1S/C25H31N3O2/c1-29-24-12-11-21(18-25(24)30-23-9-5-6-10-23)28-16-15-27(14-13-26)22(19-28)17-20-7-3-2-4-8-20/h2-4,7-8,11-12,18,22-23H,5-6,9-10,14-17,19H2,1H3/t22-/m0/s1. The first-order valence-electron chi connectivity index (χ1n) is 11.0. The van der Waals surface area contributed by atoms with E-state index < -0.39 is 0 Å². The van der Waals surface area contributed by atoms with Crippen molar-refractivity contribution in [2.45, 2.75) is 44.2 Å². The van der Waals surface area contributed by atoms with Gasteiger partial charge in [0.25, 0.3) is 0 Å². The number of hydrogen-bond donors (Lipinski definition) is 0. The van der Waals surface area contributed by atoms with E-state index >= 15 is 0 Å². The fourth-order valence-electron chi connectivity index (χ4n) is 4.65. The zero-order chi connectivity index (χ0) is 20.8. The van der Waals surface area contributed by atoms with Crippen LogP contribution in [0.4, 0.5) is 5.69 Å². The van der Waals surface area contributed by atoms with E-state index in [0.717, 1.165) is 50.4 Å². The summed E-state index contributed by atoms with van der Waals surface area (Å²) in [5.74, 6) is 1.65. The average molecular weight is 406 g/mol. The highest BCUT2D eigenvalue weighted by Crippen LogP contribution is 2.35. The lowest BCUT2D eigenvalue weighted by atomic mass is 10.0. The number of rotatable bonds is 7. The van der Waals surface area contributed by atoms with Crippen molar-refractivity contribution < 1.29 is 9.47 Å². The number of benzene rings is 2. The van der Waals surface area contributed by atoms with E-state index in [4.69, 9.17) is 9.47 Å². The smallest absolute Gasteiger partial charge is 0.163 e. The number of anilines is 1. The molecule has 0 bridgehead atoms. The minimum Gasteiger partial charge on any atom is -0.493 e. The molecule has 5 heteroatoms. The Morgan fingerprint density at radius 2 is 1.83 bits per heavy atom. The SMILES string of the molecule is COc1ccc(N2CCN(CC#N)[C@@H](Cc3ccccc3)C2)cc1OC1CCCC1. The van der Waals surface area contributed by atoms with E-state index in [9.17, 15) is 5.26 Å². The van der Waals surface area contributed by atoms with Gasteiger partial charge in [0.1, 0.15) is 0 Å². The summed E-state index contributed by atoms with van der Waals surface area (Å²) in [5, 5.41) is 9.28. The second-order valence-electron chi connectivity index (χ2n) is 8.28. The Labute approximate surface area is 179 Å². The molecule has 30 heavy (non-hydrogen) atoms. The molecule has 2 aliphatic rings. The molecule has 1 aliphatic carbocycles. The van der Waals surface area contributed by atoms with Gasteiger partial charge in [0, 0.05) is 37.4 Å². The molecular weight excluding hydrogens is 374 g/mol. The molecule has 0 aromatic heterocycles. The average Bonchev–Trinajstić information content (AvgIpc) is 3.29. The van der Waals surface area contributed by atoms with Crippen LogP contribution in [0, 0.1) is 11.3 Å². The third kappa shape index (κ3) is 4.88. The number of nitriles is 1. The molecule has 1 saturated carbocycles. The van der Waals surface area contributed by atoms with Crippen LogP contribution in [0.25, 0.3) is 0 Å². The maximum absolute atomic E-state index is 9.28. The van der Waals surface area contributed by atoms with E-state index in [1.807, 2.05) is 12.1 Å². The Bertz CT molecular complexity index is 858. The summed E-state index contributed by atoms with van der Waals surface area (Å²) in [6.07, 6.45) is 5.98. The summed E-state index contributed by atoms with van der Waals surface area (Å²) in [6.45, 7) is 3.16. The van der Waals surface area contributed by atoms with Gasteiger partial charge in [0.15, 0.2) is 11.5 Å². The predicted octanol–water partition coefficient (Wildman–Crippen LogP) is 4.27. The quantitative estimate of drug-likeness (QED) is 0.644. The molecular formula is C25H31N3O2. The van der Waals surface area contributed by atoms with Crippen LogP contribution in [0.2, 0.25) is 0 Å². The Kier molecular flexibility index (Phi) is 6.76. The Morgan fingerprint density at radius 3 is 2.57 bits per heavy atom. The molecule has 1 saturated heterocycles. The Balaban J connectivity index is 1.52. The maximum Gasteiger partial charge on any atom is 0.163 e. The molecule has 2 aromatic carbocycles. The van der Waals surface area contributed by atoms with Gasteiger partial charge in [0.05, 0.1) is 25.8 Å². The fourth-order valence-corrected chi connectivity index (χ4v) is 4.65. The van der Waals surface area contributed by atoms with Gasteiger partial charge in [-0.1, -0.05) is 30.3 Å². The minimum atomic E-state index is 0.299. The summed E-state index contributed by atoms with van der Waals surface area (Å²) in [7, 11) is 1.70. The first-order valence-corrected chi connectivity index (χ1v) is 11.0. The van der Waals surface area contributed by atoms with Gasteiger partial charge in [-0.05, 0) is 49.8 Å². The van der Waals surface area contributed by atoms with Gasteiger partial charge < -0.3 is 14.4 Å². The van der Waals surface area contributed by atoms with Gasteiger partial charge >= 0.3 is 0 Å². The van der Waals surface area contributed by atoms with Crippen LogP contribution >= 0.6 is 0 Å². The van der Waals surface area contributed by atoms with Crippen LogP contribution in [0.5, 0.6) is 11.5 Å². The van der Waals surface area contributed by atoms with Crippen LogP contribution in [0.3, 0.4) is 0 Å². The van der Waals surface area contributed by atoms with Crippen molar-refractivity contribution in [3.63, 3.8) is 0 Å². The van der Waals surface area contributed by atoms with Crippen molar-refractivity contribution in [1.29, 1.82) is 5.26 Å². The summed E-state index contributed by atoms with van der Waals surface area (Å²) < 4.78 is 11.9. The second-order valence-corrected chi connectivity index (χ2v) is 8.28. The number of piperazine rings is 1. The van der Waals surface area contributed by atoms with Crippen molar-refractivity contribution in [2.24, 2.45) is 0 Å². The normalized spacial score (nSPS) is 20.1. The first-order chi connectivity index (χ1) is 14.8. The zero-order valence-corrected chi connectivity index (χ0v) is 17.8. The zero-order valence-electron chi connectivity index (χ0n) is 17.8. The molecule has 2 aromatic rings. The first kappa shape index (κ1) is 20.6. The van der Waals surface area contributed by atoms with Crippen LogP contribution < -0.4 is 14.4 Å². The molecule has 2 fully saturated rings. The number of ether oxygens (including phenoxy) is 2. The third-order valence-electron chi connectivity index (χ3n) is 6.30. The van der Waals surface area contributed by atoms with E-state index in [1.165, 1.54) is 24.1 Å². The fraction of sp³-hybridized carbons (Fsp3) is 0.480. The monoisotopic (exact) mass is 405 g/mol. The van der Waals surface area contributed by atoms with Gasteiger partial charge in [-0.15, -0.1) is 0 Å². The van der Waals surface area contributed by atoms with Crippen molar-refractivity contribution in [3.8, 4) is 17.6 Å². The molecule has 0 unspecified atom stereocenters. The molecule has 1 aliphatic heterocycles. The van der Waals surface area contributed by atoms with E-state index in [-0.39, 0.29) is 0 Å². The Morgan fingerprint density at radius 1 is 1.03 bits per heavy atom. The highest BCUT2D eigenvalue weighted by Gasteiger charge is 2.28. The van der Waals surface area contributed by atoms with Crippen molar-refractivity contribution in [2.75, 3.05) is 38.2 Å². The van der Waals surface area contributed by atoms with Crippen molar-refractivity contribution in [1.82, 2.24) is 4.90 Å². The van der Waals surface area contributed by atoms with Crippen LogP contribution in [0.15, 0.2) is 48.5 Å². The highest BCUT2D eigenvalue weighted by atomic mass is 16.5. The molecule has 0 N–H and O–H groups in total. The molecule has 158 valence electrons. The largest absolute Gasteiger partial charge is 0.493 e. The topological polar surface area (TPSA) is 48.7 Å². The lowest BCUT2D eigenvalue weighted by molar-refractivity contribution is 0.195. The molecule has 0 radical (unpaired) electrons. The van der Waals surface area contributed by atoms with Crippen molar-refractivity contribution >= 4 is 5.69 Å². The summed E-state index contributed by atoms with van der Waals surface area (Å²) >= 11 is 0. The predicted molar refractivity (Wildman–Crippen MR) is 119 cm³/mol. The van der Waals surface area contributed by atoms with E-state index in [0.29, 0.717) is 18.7 Å². The van der Waals surface area contributed by atoms with Gasteiger partial charge in [0.2, 0.25) is 0 Å². The van der Waals surface area contributed by atoms with Gasteiger partial charge in [-0.25, -0.2) is 0 Å². The molecule has 4 rings (SSSR count). The number of methoxy groups -OCH3 is 1. The number of nitrogens with zero attached hydrogens (tertiary/aromatic N) is 3. The minimum absolute atomic E-state index is 0.299. The molecule has 0 amide bonds. The number of hydrogen-bond acceptors (Lipinski definition) is 5. The lowest BCUT2D eigenvalue weighted by Crippen LogP contribution is -2.54. The van der Waals surface area contributed by atoms with Crippen LogP contribution in [-0.2, 0) is 6.42 Å². The molecule has 0 spiro atoms. The molecule has 5 nitrogen and oxygen atoms in total. The van der Waals surface area contributed by atoms with Gasteiger partial charge in [-0.3, -0.25) is 4.90 Å². The molecule has 1 heterocycles. The lowest BCUT2D eigenvalue weighted by Gasteiger charge is -2.41. The summed E-state index contributed by atoms with van der Waals surface area (Å²) in [6, 6.07) is 19.5. The van der Waals surface area contributed by atoms with Crippen molar-refractivity contribution in [3.05, 3.63) is 54.1 Å². The van der Waals surface area contributed by atoms with E-state index in [2.05, 4.69) is 52.3 Å². The Hall–Kier alpha value is -2.71. The summed E-state index contributed by atoms with van der Waals surface area (Å²) in [5.41, 5.74) is 2.48. The second kappa shape index (κ2) is 9.86.